The van der Waals surface area contributed by atoms with E-state index in [9.17, 15) is 0 Å². The largest absolute Gasteiger partial charge is 0.456 e. The van der Waals surface area contributed by atoms with Gasteiger partial charge in [0, 0.05) is 53.0 Å². The number of pyridine rings is 1. The zero-order valence-corrected chi connectivity index (χ0v) is 82.1. The summed E-state index contributed by atoms with van der Waals surface area (Å²) in [6.45, 7) is 15.7. The van der Waals surface area contributed by atoms with Crippen LogP contribution in [0.2, 0.25) is 0 Å². The summed E-state index contributed by atoms with van der Waals surface area (Å²) in [5.74, 6) is 0. The predicted molar refractivity (Wildman–Crippen MR) is 630 cm³/mol. The summed E-state index contributed by atoms with van der Waals surface area (Å²) in [5.41, 5.74) is 32.4. The van der Waals surface area contributed by atoms with E-state index < -0.39 is 0 Å². The Labute approximate surface area is 842 Å². The normalized spacial score (nSPS) is 12.6. The number of nitrogens with zero attached hydrogens (tertiary/aromatic N) is 2. The summed E-state index contributed by atoms with van der Waals surface area (Å²) >= 11 is 1.89. The van der Waals surface area contributed by atoms with Gasteiger partial charge in [0.05, 0.1) is 11.2 Å². The number of benzene rings is 27. The molecule has 0 saturated carbocycles. The first-order valence-electron chi connectivity index (χ1n) is 51.1. The van der Waals surface area contributed by atoms with E-state index in [1.54, 1.807) is 0 Å². The number of furan rings is 1. The fourth-order valence-corrected chi connectivity index (χ4v) is 28.7. The van der Waals surface area contributed by atoms with Gasteiger partial charge in [0.2, 0.25) is 0 Å². The highest BCUT2D eigenvalue weighted by atomic mass is 32.1. The lowest BCUT2D eigenvalue weighted by Crippen LogP contribution is -1.96. The first-order valence-corrected chi connectivity index (χ1v) is 52.0. The average Bonchev–Trinajstić information content (AvgIpc) is 1.51. The molecular weight excluding hydrogens is 1780 g/mol. The number of aryl methyl sites for hydroxylation is 7. The molecule has 0 amide bonds. The molecule has 146 heavy (non-hydrogen) atoms. The molecule has 33 aromatic rings. The molecule has 676 valence electrons. The van der Waals surface area contributed by atoms with E-state index in [2.05, 4.69) is 441 Å². The molecule has 0 N–H and O–H groups in total. The smallest absolute Gasteiger partial charge is 0.146 e. The number of fused-ring (bicyclic) bond motifs is 31. The van der Waals surface area contributed by atoms with Gasteiger partial charge in [0.15, 0.2) is 0 Å². The summed E-state index contributed by atoms with van der Waals surface area (Å²) in [5, 5.41) is 55.5. The quantitative estimate of drug-likeness (QED) is 0.130. The van der Waals surface area contributed by atoms with Crippen LogP contribution in [0.15, 0.2) is 399 Å². The summed E-state index contributed by atoms with van der Waals surface area (Å²) in [6.07, 6.45) is 0. The first kappa shape index (κ1) is 80.7. The van der Waals surface area contributed by atoms with E-state index in [1.165, 1.54) is 331 Å². The third-order valence-electron chi connectivity index (χ3n) is 33.7. The number of aromatic nitrogens is 2. The molecule has 0 atom stereocenters. The second kappa shape index (κ2) is 29.2. The van der Waals surface area contributed by atoms with Crippen LogP contribution in [0.25, 0.3) is 342 Å². The third-order valence-corrected chi connectivity index (χ3v) is 34.9. The van der Waals surface area contributed by atoms with Gasteiger partial charge in [-0.25, -0.2) is 4.98 Å². The van der Waals surface area contributed by atoms with Gasteiger partial charge in [-0.05, 0) is 457 Å². The van der Waals surface area contributed by atoms with Gasteiger partial charge in [0.25, 0.3) is 0 Å². The van der Waals surface area contributed by atoms with Crippen LogP contribution in [0.5, 0.6) is 0 Å². The highest BCUT2D eigenvalue weighted by Gasteiger charge is 2.32. The zero-order valence-electron chi connectivity index (χ0n) is 81.2. The Kier molecular flexibility index (Phi) is 16.1. The number of thiophene rings is 1. The van der Waals surface area contributed by atoms with Crippen LogP contribution in [-0.4, -0.2) is 9.55 Å². The Bertz CT molecular complexity index is 11800. The van der Waals surface area contributed by atoms with Crippen molar-refractivity contribution >= 4 is 269 Å². The van der Waals surface area contributed by atoms with Crippen molar-refractivity contribution in [3.8, 4) is 83.7 Å². The van der Waals surface area contributed by atoms with E-state index in [-0.39, 0.29) is 0 Å². The van der Waals surface area contributed by atoms with Crippen LogP contribution in [0.4, 0.5) is 0 Å². The van der Waals surface area contributed by atoms with Crippen molar-refractivity contribution in [2.24, 2.45) is 0 Å². The molecule has 0 spiro atoms. The van der Waals surface area contributed by atoms with E-state index in [0.29, 0.717) is 0 Å². The maximum Gasteiger partial charge on any atom is 0.146 e. The molecule has 0 unspecified atom stereocenters. The fourth-order valence-electron chi connectivity index (χ4n) is 27.6. The second-order valence-electron chi connectivity index (χ2n) is 42.0. The van der Waals surface area contributed by atoms with Crippen molar-refractivity contribution < 1.29 is 4.42 Å². The maximum absolute atomic E-state index is 6.31. The van der Waals surface area contributed by atoms with Crippen LogP contribution in [-0.2, 0) is 0 Å². The average molecular weight is 1870 g/mol. The maximum atomic E-state index is 6.31. The Morgan fingerprint density at radius 1 is 0.205 bits per heavy atom. The third kappa shape index (κ3) is 11.0. The summed E-state index contributed by atoms with van der Waals surface area (Å²) in [4.78, 5) is 5.47. The van der Waals surface area contributed by atoms with Crippen molar-refractivity contribution in [1.82, 2.24) is 9.55 Å². The first-order chi connectivity index (χ1) is 71.7. The van der Waals surface area contributed by atoms with Crippen molar-refractivity contribution in [3.05, 3.63) is 433 Å². The SMILES string of the molecule is Cc1cc2c(C)c(C)cc3c4cc5c(cc4c(c1)c23)c(-c1ccc2sc3ccccc3c2c1)c1c2ccccc2c2c3ccccc3cc5c12.Cc1cc2c3c(cc(C)cc3c1)-c1cc3c(cc1-2)c1cccc2ccc4c(-c5ccc6c(c5)oc5ccccc56)ccc3c4c21.Cc1cc2c3c(cc(C)cc3c1)-c1cc3c(cc1-2)c1cccc2ccc4c(-c5ccc6c7ccccc7n(-c7ccccc7)c6n5)ccc3c4c21. The Balaban J connectivity index is 0.0000000959. The lowest BCUT2D eigenvalue weighted by atomic mass is 9.85. The van der Waals surface area contributed by atoms with E-state index in [0.717, 1.165) is 49.9 Å². The number of para-hydroxylation sites is 3. The van der Waals surface area contributed by atoms with Crippen molar-refractivity contribution in [1.29, 1.82) is 0 Å². The molecule has 0 radical (unpaired) electrons. The molecular formula is C142H86N2OS. The van der Waals surface area contributed by atoms with Gasteiger partial charge >= 0.3 is 0 Å². The van der Waals surface area contributed by atoms with Crippen molar-refractivity contribution in [3.63, 3.8) is 0 Å². The molecule has 2 aliphatic carbocycles. The fraction of sp³-hybridized carbons (Fsp3) is 0.0493. The van der Waals surface area contributed by atoms with Gasteiger partial charge in [-0.1, -0.05) is 285 Å². The van der Waals surface area contributed by atoms with Gasteiger partial charge in [-0.2, -0.15) is 0 Å². The minimum absolute atomic E-state index is 0.930. The van der Waals surface area contributed by atoms with Crippen molar-refractivity contribution in [2.45, 2.75) is 48.5 Å². The Hall–Kier alpha value is -17.9. The molecule has 4 heteroatoms. The standard InChI is InChI=1S/C49H30N2.C49H30S.C44H26O/c1-27-21-30-22-28(2)24-43-41-26-39-36-18-17-32(44-20-19-37-33-12-6-7-14-45(33)51(49(37)50-44)31-10-4-3-5-11-31)35-16-15-29-9-8-13-34(47(29)48(35)36)38(39)25-40(41)42(23-27)46(30)43;1-25-18-34-27(3)26(2)20-40-35-23-37-41-21-28-10-4-5-11-30(28)47-32-13-6-7-14-33(32)48(49(41)47)45(42(37)24-36(35)39(19-25)46(34)40)29-16-17-44-38(22-29)31-12-8-9-15-43(31)50-44;1-23-16-27-17-24(2)19-39-37-22-35-33-15-14-28(26-11-12-30-29-7-3-4-9-40(29)45-41(30)20-26)32-13-10-25-6-5-8-31(43(25)44(32)33)34(35)21-36(37)38(18-23)42(27)39/h3-26H,1-2H3;4-24H,1-3H3;3-22H,1-2H3. The van der Waals surface area contributed by atoms with E-state index in [1.807, 2.05) is 17.4 Å². The molecule has 4 heterocycles. The number of rotatable bonds is 4. The second-order valence-corrected chi connectivity index (χ2v) is 43.1. The monoisotopic (exact) mass is 1870 g/mol. The molecule has 35 rings (SSSR count). The summed E-state index contributed by atoms with van der Waals surface area (Å²) in [7, 11) is 0. The molecule has 0 aliphatic heterocycles. The molecule has 0 saturated heterocycles. The number of hydrogen-bond donors (Lipinski definition) is 0. The van der Waals surface area contributed by atoms with Gasteiger partial charge < -0.3 is 4.42 Å². The highest BCUT2D eigenvalue weighted by molar-refractivity contribution is 7.25. The minimum atomic E-state index is 0.930. The lowest BCUT2D eigenvalue weighted by Gasteiger charge is -2.18. The van der Waals surface area contributed by atoms with Crippen LogP contribution < -0.4 is 0 Å². The Morgan fingerprint density at radius 3 is 1.32 bits per heavy atom. The van der Waals surface area contributed by atoms with Gasteiger partial charge in [-0.15, -0.1) is 11.3 Å². The van der Waals surface area contributed by atoms with Gasteiger partial charge in [-0.3, -0.25) is 4.57 Å². The topological polar surface area (TPSA) is 31.0 Å². The minimum Gasteiger partial charge on any atom is -0.456 e. The molecule has 4 aromatic heterocycles. The lowest BCUT2D eigenvalue weighted by molar-refractivity contribution is 0.669. The van der Waals surface area contributed by atoms with Crippen molar-refractivity contribution in [2.75, 3.05) is 0 Å². The highest BCUT2D eigenvalue weighted by Crippen LogP contribution is 2.59. The van der Waals surface area contributed by atoms with Crippen LogP contribution >= 0.6 is 11.3 Å². The van der Waals surface area contributed by atoms with E-state index >= 15 is 0 Å². The predicted octanol–water partition coefficient (Wildman–Crippen LogP) is 40.8. The van der Waals surface area contributed by atoms with Crippen LogP contribution in [0.3, 0.4) is 0 Å². The zero-order chi connectivity index (χ0) is 96.1. The number of hydrogen-bond acceptors (Lipinski definition) is 3. The molecule has 0 fully saturated rings. The van der Waals surface area contributed by atoms with Crippen LogP contribution in [0.1, 0.15) is 38.9 Å². The summed E-state index contributed by atoms with van der Waals surface area (Å²) in [6, 6.07) is 149. The molecule has 0 bridgehead atoms. The van der Waals surface area contributed by atoms with Crippen LogP contribution in [0, 0.1) is 48.5 Å². The van der Waals surface area contributed by atoms with Gasteiger partial charge in [0.1, 0.15) is 16.8 Å². The molecule has 2 aliphatic rings. The molecule has 29 aromatic carbocycles. The molecule has 3 nitrogen and oxygen atoms in total. The summed E-state index contributed by atoms with van der Waals surface area (Å²) < 4.78 is 11.3. The van der Waals surface area contributed by atoms with E-state index in [4.69, 9.17) is 9.40 Å². The Morgan fingerprint density at radius 2 is 0.658 bits per heavy atom.